The second kappa shape index (κ2) is 4.43. The number of pyridine rings is 1. The molecule has 1 rings (SSSR count). The number of carbonyl (C=O) groups excluding carboxylic acids is 1. The van der Waals surface area contributed by atoms with Gasteiger partial charge in [-0.15, -0.1) is 0 Å². The molecule has 0 saturated heterocycles. The van der Waals surface area contributed by atoms with Gasteiger partial charge in [-0.3, -0.25) is 4.98 Å². The lowest BCUT2D eigenvalue weighted by atomic mass is 9.88. The van der Waals surface area contributed by atoms with E-state index in [4.69, 9.17) is 4.74 Å². The standard InChI is InChI=1S/C12H17NO2/c1-5-15-11(14)9-7-6-8-13-10(9)12(2,3)4/h6-8H,5H2,1-4H3. The van der Waals surface area contributed by atoms with Gasteiger partial charge >= 0.3 is 5.97 Å². The van der Waals surface area contributed by atoms with E-state index < -0.39 is 0 Å². The molecule has 0 fully saturated rings. The number of hydrogen-bond donors (Lipinski definition) is 0. The quantitative estimate of drug-likeness (QED) is 0.699. The van der Waals surface area contributed by atoms with Crippen LogP contribution in [-0.2, 0) is 10.2 Å². The van der Waals surface area contributed by atoms with E-state index in [0.717, 1.165) is 5.69 Å². The maximum Gasteiger partial charge on any atom is 0.339 e. The Morgan fingerprint density at radius 3 is 2.67 bits per heavy atom. The lowest BCUT2D eigenvalue weighted by Gasteiger charge is -2.20. The van der Waals surface area contributed by atoms with Crippen molar-refractivity contribution in [3.05, 3.63) is 29.6 Å². The Labute approximate surface area is 90.5 Å². The van der Waals surface area contributed by atoms with Crippen molar-refractivity contribution in [3.8, 4) is 0 Å². The molecule has 0 aliphatic heterocycles. The molecule has 0 bridgehead atoms. The molecule has 0 aromatic carbocycles. The van der Waals surface area contributed by atoms with E-state index in [0.29, 0.717) is 12.2 Å². The van der Waals surface area contributed by atoms with Crippen LogP contribution in [0, 0.1) is 0 Å². The van der Waals surface area contributed by atoms with Crippen LogP contribution < -0.4 is 0 Å². The molecule has 0 aliphatic rings. The maximum absolute atomic E-state index is 11.6. The minimum absolute atomic E-state index is 0.149. The summed E-state index contributed by atoms with van der Waals surface area (Å²) in [6.07, 6.45) is 1.70. The smallest absolute Gasteiger partial charge is 0.339 e. The summed E-state index contributed by atoms with van der Waals surface area (Å²) in [5, 5.41) is 0. The van der Waals surface area contributed by atoms with Crippen LogP contribution in [0.3, 0.4) is 0 Å². The van der Waals surface area contributed by atoms with Crippen molar-refractivity contribution in [2.24, 2.45) is 0 Å². The first-order valence-corrected chi connectivity index (χ1v) is 5.09. The van der Waals surface area contributed by atoms with Gasteiger partial charge in [0.05, 0.1) is 17.9 Å². The summed E-state index contributed by atoms with van der Waals surface area (Å²) in [5.41, 5.74) is 1.19. The highest BCUT2D eigenvalue weighted by Gasteiger charge is 2.23. The number of rotatable bonds is 2. The zero-order valence-electron chi connectivity index (χ0n) is 9.70. The van der Waals surface area contributed by atoms with Gasteiger partial charge in [-0.25, -0.2) is 4.79 Å². The van der Waals surface area contributed by atoms with Gasteiger partial charge in [0, 0.05) is 11.6 Å². The number of aromatic nitrogens is 1. The Morgan fingerprint density at radius 1 is 1.47 bits per heavy atom. The molecular weight excluding hydrogens is 190 g/mol. The third-order valence-corrected chi connectivity index (χ3v) is 2.01. The number of ether oxygens (including phenoxy) is 1. The van der Waals surface area contributed by atoms with Gasteiger partial charge < -0.3 is 4.74 Å². The van der Waals surface area contributed by atoms with E-state index in [2.05, 4.69) is 4.98 Å². The molecule has 3 heteroatoms. The van der Waals surface area contributed by atoms with Crippen molar-refractivity contribution in [1.29, 1.82) is 0 Å². The number of hydrogen-bond acceptors (Lipinski definition) is 3. The fraction of sp³-hybridized carbons (Fsp3) is 0.500. The minimum atomic E-state index is -0.296. The van der Waals surface area contributed by atoms with Crippen LogP contribution in [-0.4, -0.2) is 17.6 Å². The van der Waals surface area contributed by atoms with E-state index >= 15 is 0 Å². The summed E-state index contributed by atoms with van der Waals surface area (Å²) in [6.45, 7) is 8.26. The van der Waals surface area contributed by atoms with Gasteiger partial charge in [0.15, 0.2) is 0 Å². The van der Waals surface area contributed by atoms with Crippen LogP contribution in [0.5, 0.6) is 0 Å². The first-order chi connectivity index (χ1) is 6.96. The molecule has 1 heterocycles. The summed E-state index contributed by atoms with van der Waals surface area (Å²) in [7, 11) is 0. The Kier molecular flexibility index (Phi) is 3.45. The fourth-order valence-electron chi connectivity index (χ4n) is 1.38. The zero-order chi connectivity index (χ0) is 11.5. The van der Waals surface area contributed by atoms with Crippen LogP contribution in [0.15, 0.2) is 18.3 Å². The van der Waals surface area contributed by atoms with Gasteiger partial charge in [-0.2, -0.15) is 0 Å². The Balaban J connectivity index is 3.12. The minimum Gasteiger partial charge on any atom is -0.462 e. The highest BCUT2D eigenvalue weighted by molar-refractivity contribution is 5.90. The Morgan fingerprint density at radius 2 is 2.13 bits per heavy atom. The van der Waals surface area contributed by atoms with Crippen molar-refractivity contribution in [3.63, 3.8) is 0 Å². The second-order valence-electron chi connectivity index (χ2n) is 4.37. The van der Waals surface area contributed by atoms with Crippen molar-refractivity contribution >= 4 is 5.97 Å². The number of nitrogens with zero attached hydrogens (tertiary/aromatic N) is 1. The van der Waals surface area contributed by atoms with Crippen molar-refractivity contribution in [2.75, 3.05) is 6.61 Å². The van der Waals surface area contributed by atoms with Gasteiger partial charge in [0.1, 0.15) is 0 Å². The van der Waals surface area contributed by atoms with E-state index in [1.807, 2.05) is 20.8 Å². The topological polar surface area (TPSA) is 39.2 Å². The molecule has 0 saturated carbocycles. The van der Waals surface area contributed by atoms with Gasteiger partial charge in [-0.1, -0.05) is 20.8 Å². The highest BCUT2D eigenvalue weighted by Crippen LogP contribution is 2.23. The normalized spacial score (nSPS) is 11.2. The van der Waals surface area contributed by atoms with E-state index in [1.165, 1.54) is 0 Å². The summed E-state index contributed by atoms with van der Waals surface area (Å²) in [6, 6.07) is 3.51. The van der Waals surface area contributed by atoms with Crippen molar-refractivity contribution in [1.82, 2.24) is 4.98 Å². The van der Waals surface area contributed by atoms with Crippen molar-refractivity contribution < 1.29 is 9.53 Å². The van der Waals surface area contributed by atoms with Crippen LogP contribution in [0.4, 0.5) is 0 Å². The number of esters is 1. The summed E-state index contributed by atoms with van der Waals surface area (Å²) >= 11 is 0. The summed E-state index contributed by atoms with van der Waals surface area (Å²) in [4.78, 5) is 15.9. The maximum atomic E-state index is 11.6. The second-order valence-corrected chi connectivity index (χ2v) is 4.37. The Hall–Kier alpha value is -1.38. The molecule has 1 aromatic rings. The van der Waals surface area contributed by atoms with Gasteiger partial charge in [-0.05, 0) is 19.1 Å². The average molecular weight is 207 g/mol. The summed E-state index contributed by atoms with van der Waals surface area (Å²) < 4.78 is 4.98. The monoisotopic (exact) mass is 207 g/mol. The molecule has 0 radical (unpaired) electrons. The molecule has 0 amide bonds. The predicted molar refractivity (Wildman–Crippen MR) is 58.9 cm³/mol. The van der Waals surface area contributed by atoms with Crippen LogP contribution in [0.1, 0.15) is 43.7 Å². The van der Waals surface area contributed by atoms with E-state index in [1.54, 1.807) is 25.3 Å². The first-order valence-electron chi connectivity index (χ1n) is 5.09. The largest absolute Gasteiger partial charge is 0.462 e. The molecule has 1 aromatic heterocycles. The van der Waals surface area contributed by atoms with Crippen LogP contribution >= 0.6 is 0 Å². The summed E-state index contributed by atoms with van der Waals surface area (Å²) in [5.74, 6) is -0.296. The van der Waals surface area contributed by atoms with E-state index in [9.17, 15) is 4.79 Å². The fourth-order valence-corrected chi connectivity index (χ4v) is 1.38. The third-order valence-electron chi connectivity index (χ3n) is 2.01. The molecular formula is C12H17NO2. The highest BCUT2D eigenvalue weighted by atomic mass is 16.5. The molecule has 0 N–H and O–H groups in total. The molecule has 0 unspecified atom stereocenters. The zero-order valence-corrected chi connectivity index (χ0v) is 9.70. The Bertz CT molecular complexity index is 353. The number of carbonyl (C=O) groups is 1. The molecule has 15 heavy (non-hydrogen) atoms. The van der Waals surface area contributed by atoms with Crippen molar-refractivity contribution in [2.45, 2.75) is 33.1 Å². The SMILES string of the molecule is CCOC(=O)c1cccnc1C(C)(C)C. The third kappa shape index (κ3) is 2.78. The molecule has 0 spiro atoms. The molecule has 82 valence electrons. The van der Waals surface area contributed by atoms with Gasteiger partial charge in [0.2, 0.25) is 0 Å². The lowest BCUT2D eigenvalue weighted by Crippen LogP contribution is -2.20. The van der Waals surface area contributed by atoms with E-state index in [-0.39, 0.29) is 11.4 Å². The average Bonchev–Trinajstić information content (AvgIpc) is 2.17. The predicted octanol–water partition coefficient (Wildman–Crippen LogP) is 2.56. The molecule has 0 atom stereocenters. The van der Waals surface area contributed by atoms with Crippen LogP contribution in [0.25, 0.3) is 0 Å². The van der Waals surface area contributed by atoms with Crippen LogP contribution in [0.2, 0.25) is 0 Å². The molecule has 0 aliphatic carbocycles. The first kappa shape index (κ1) is 11.7. The van der Waals surface area contributed by atoms with Gasteiger partial charge in [0.25, 0.3) is 0 Å². The lowest BCUT2D eigenvalue weighted by molar-refractivity contribution is 0.0522. The molecule has 3 nitrogen and oxygen atoms in total.